The van der Waals surface area contributed by atoms with Gasteiger partial charge in [-0.2, -0.15) is 4.31 Å². The molecule has 31 heavy (non-hydrogen) atoms. The minimum Gasteiger partial charge on any atom is -0.380 e. The summed E-state index contributed by atoms with van der Waals surface area (Å²) >= 11 is 0. The molecule has 2 aromatic carbocycles. The highest BCUT2D eigenvalue weighted by atomic mass is 32.2. The summed E-state index contributed by atoms with van der Waals surface area (Å²) in [5, 5.41) is 2.85. The van der Waals surface area contributed by atoms with Crippen molar-refractivity contribution in [2.75, 3.05) is 20.2 Å². The number of methoxy groups -OCH3 is 1. The van der Waals surface area contributed by atoms with Gasteiger partial charge >= 0.3 is 0 Å². The second kappa shape index (κ2) is 11.2. The van der Waals surface area contributed by atoms with Gasteiger partial charge < -0.3 is 10.1 Å². The molecule has 0 spiro atoms. The SMILES string of the molecule is COCc1cccc(CNC(=O)/C=C/c2ccc(S(=O)(=O)N3CCCCCC3)cc2)c1. The van der Waals surface area contributed by atoms with Crippen LogP contribution >= 0.6 is 0 Å². The van der Waals surface area contributed by atoms with E-state index in [1.54, 1.807) is 41.8 Å². The van der Waals surface area contributed by atoms with Crippen molar-refractivity contribution in [1.29, 1.82) is 0 Å². The van der Waals surface area contributed by atoms with Crippen molar-refractivity contribution in [2.24, 2.45) is 0 Å². The molecule has 166 valence electrons. The molecule has 0 atom stereocenters. The number of rotatable bonds is 8. The van der Waals surface area contributed by atoms with E-state index in [0.717, 1.165) is 42.4 Å². The van der Waals surface area contributed by atoms with Crippen molar-refractivity contribution in [3.63, 3.8) is 0 Å². The average Bonchev–Trinajstić information content (AvgIpc) is 3.07. The molecule has 1 aliphatic heterocycles. The number of nitrogens with zero attached hydrogens (tertiary/aromatic N) is 1. The third kappa shape index (κ3) is 6.75. The summed E-state index contributed by atoms with van der Waals surface area (Å²) in [6.07, 6.45) is 7.11. The molecule has 0 aromatic heterocycles. The molecule has 1 N–H and O–H groups in total. The maximum absolute atomic E-state index is 12.8. The standard InChI is InChI=1S/C24H30N2O4S/c1-30-19-22-8-6-7-21(17-22)18-25-24(27)14-11-20-9-12-23(13-10-20)31(28,29)26-15-4-2-3-5-16-26/h6-14,17H,2-5,15-16,18-19H2,1H3,(H,25,27)/b14-11+. The Kier molecular flexibility index (Phi) is 8.40. The van der Waals surface area contributed by atoms with Crippen molar-refractivity contribution in [3.05, 3.63) is 71.3 Å². The van der Waals surface area contributed by atoms with E-state index in [-0.39, 0.29) is 5.91 Å². The molecule has 1 saturated heterocycles. The monoisotopic (exact) mass is 442 g/mol. The lowest BCUT2D eigenvalue weighted by Gasteiger charge is -2.19. The molecule has 0 bridgehead atoms. The molecule has 1 heterocycles. The summed E-state index contributed by atoms with van der Waals surface area (Å²) in [4.78, 5) is 12.4. The van der Waals surface area contributed by atoms with Crippen LogP contribution in [-0.4, -0.2) is 38.8 Å². The van der Waals surface area contributed by atoms with Gasteiger partial charge in [0.15, 0.2) is 0 Å². The molecule has 7 heteroatoms. The molecule has 3 rings (SSSR count). The van der Waals surface area contributed by atoms with Gasteiger partial charge in [-0.3, -0.25) is 4.79 Å². The van der Waals surface area contributed by atoms with Crippen LogP contribution in [0.3, 0.4) is 0 Å². The molecule has 0 saturated carbocycles. The van der Waals surface area contributed by atoms with Gasteiger partial charge in [-0.05, 0) is 47.7 Å². The lowest BCUT2D eigenvalue weighted by atomic mass is 10.1. The highest BCUT2D eigenvalue weighted by Crippen LogP contribution is 2.21. The van der Waals surface area contributed by atoms with Crippen LogP contribution in [0.2, 0.25) is 0 Å². The quantitative estimate of drug-likeness (QED) is 0.632. The molecule has 1 aliphatic rings. The van der Waals surface area contributed by atoms with Gasteiger partial charge in [0.1, 0.15) is 0 Å². The van der Waals surface area contributed by atoms with Crippen LogP contribution in [0.25, 0.3) is 6.08 Å². The van der Waals surface area contributed by atoms with Crippen LogP contribution in [0.15, 0.2) is 59.5 Å². The molecule has 1 fully saturated rings. The van der Waals surface area contributed by atoms with Crippen LogP contribution in [0.5, 0.6) is 0 Å². The Hall–Kier alpha value is -2.48. The first-order valence-electron chi connectivity index (χ1n) is 10.6. The minimum atomic E-state index is -3.46. The van der Waals surface area contributed by atoms with Crippen molar-refractivity contribution in [3.8, 4) is 0 Å². The van der Waals surface area contributed by atoms with Crippen molar-refractivity contribution in [2.45, 2.75) is 43.7 Å². The summed E-state index contributed by atoms with van der Waals surface area (Å²) in [6, 6.07) is 14.5. The number of benzene rings is 2. The summed E-state index contributed by atoms with van der Waals surface area (Å²) in [5.41, 5.74) is 2.83. The molecule has 0 unspecified atom stereocenters. The van der Waals surface area contributed by atoms with E-state index in [9.17, 15) is 13.2 Å². The number of hydrogen-bond acceptors (Lipinski definition) is 4. The number of ether oxygens (including phenoxy) is 1. The Bertz CT molecular complexity index is 992. The fourth-order valence-electron chi connectivity index (χ4n) is 3.60. The van der Waals surface area contributed by atoms with E-state index in [0.29, 0.717) is 31.1 Å². The van der Waals surface area contributed by atoms with Crippen molar-refractivity contribution < 1.29 is 17.9 Å². The van der Waals surface area contributed by atoms with Crippen molar-refractivity contribution >= 4 is 22.0 Å². The zero-order chi connectivity index (χ0) is 22.1. The summed E-state index contributed by atoms with van der Waals surface area (Å²) < 4.78 is 32.4. The lowest BCUT2D eigenvalue weighted by Crippen LogP contribution is -2.31. The Balaban J connectivity index is 1.56. The first-order valence-corrected chi connectivity index (χ1v) is 12.1. The molecule has 0 radical (unpaired) electrons. The van der Waals surface area contributed by atoms with Gasteiger partial charge in [-0.15, -0.1) is 0 Å². The molecule has 1 amide bonds. The largest absolute Gasteiger partial charge is 0.380 e. The Morgan fingerprint density at radius 3 is 2.39 bits per heavy atom. The third-order valence-electron chi connectivity index (χ3n) is 5.28. The van der Waals surface area contributed by atoms with Gasteiger partial charge in [0.2, 0.25) is 15.9 Å². The fourth-order valence-corrected chi connectivity index (χ4v) is 5.12. The van der Waals surface area contributed by atoms with Gasteiger partial charge in [-0.25, -0.2) is 8.42 Å². The van der Waals surface area contributed by atoms with Crippen LogP contribution in [0.4, 0.5) is 0 Å². The molecule has 0 aliphatic carbocycles. The molecular weight excluding hydrogens is 412 g/mol. The van der Waals surface area contributed by atoms with Crippen LogP contribution in [0, 0.1) is 0 Å². The van der Waals surface area contributed by atoms with Gasteiger partial charge in [0, 0.05) is 32.8 Å². The zero-order valence-corrected chi connectivity index (χ0v) is 18.7. The number of amides is 1. The van der Waals surface area contributed by atoms with E-state index >= 15 is 0 Å². The number of carbonyl (C=O) groups is 1. The van der Waals surface area contributed by atoms with E-state index in [2.05, 4.69) is 5.32 Å². The van der Waals surface area contributed by atoms with Crippen molar-refractivity contribution in [1.82, 2.24) is 9.62 Å². The van der Waals surface area contributed by atoms with Crippen LogP contribution in [0.1, 0.15) is 42.4 Å². The predicted molar refractivity (Wildman–Crippen MR) is 122 cm³/mol. The molecule has 2 aromatic rings. The number of sulfonamides is 1. The Labute approximate surface area is 185 Å². The zero-order valence-electron chi connectivity index (χ0n) is 17.9. The third-order valence-corrected chi connectivity index (χ3v) is 7.19. The van der Waals surface area contributed by atoms with E-state index in [1.807, 2.05) is 24.3 Å². The normalized spacial score (nSPS) is 15.6. The minimum absolute atomic E-state index is 0.210. The summed E-state index contributed by atoms with van der Waals surface area (Å²) in [5.74, 6) is -0.210. The van der Waals surface area contributed by atoms with E-state index < -0.39 is 10.0 Å². The number of carbonyl (C=O) groups excluding carboxylic acids is 1. The Morgan fingerprint density at radius 2 is 1.71 bits per heavy atom. The second-order valence-corrected chi connectivity index (χ2v) is 9.63. The first kappa shape index (κ1) is 23.2. The van der Waals surface area contributed by atoms with Gasteiger partial charge in [0.05, 0.1) is 11.5 Å². The van der Waals surface area contributed by atoms with E-state index in [4.69, 9.17) is 4.74 Å². The lowest BCUT2D eigenvalue weighted by molar-refractivity contribution is -0.116. The fraction of sp³-hybridized carbons (Fsp3) is 0.375. The maximum atomic E-state index is 12.8. The van der Waals surface area contributed by atoms with Crippen LogP contribution < -0.4 is 5.32 Å². The summed E-state index contributed by atoms with van der Waals surface area (Å²) in [6.45, 7) is 2.12. The average molecular weight is 443 g/mol. The smallest absolute Gasteiger partial charge is 0.244 e. The highest BCUT2D eigenvalue weighted by molar-refractivity contribution is 7.89. The predicted octanol–water partition coefficient (Wildman–Crippen LogP) is 3.73. The van der Waals surface area contributed by atoms with Gasteiger partial charge in [-0.1, -0.05) is 49.2 Å². The van der Waals surface area contributed by atoms with Gasteiger partial charge in [0.25, 0.3) is 0 Å². The van der Waals surface area contributed by atoms with Crippen LogP contribution in [-0.2, 0) is 32.7 Å². The topological polar surface area (TPSA) is 75.7 Å². The maximum Gasteiger partial charge on any atom is 0.244 e. The first-order chi connectivity index (χ1) is 15.0. The summed E-state index contributed by atoms with van der Waals surface area (Å²) in [7, 11) is -1.81. The number of hydrogen-bond donors (Lipinski definition) is 1. The second-order valence-electron chi connectivity index (χ2n) is 7.69. The molecule has 6 nitrogen and oxygen atoms in total. The number of nitrogens with one attached hydrogen (secondary N) is 1. The van der Waals surface area contributed by atoms with E-state index in [1.165, 1.54) is 6.08 Å². The highest BCUT2D eigenvalue weighted by Gasteiger charge is 2.24. The molecular formula is C24H30N2O4S. The Morgan fingerprint density at radius 1 is 1.03 bits per heavy atom.